The molecule has 0 heterocycles. The minimum Gasteiger partial charge on any atom is -0.381 e. The monoisotopic (exact) mass is 289 g/mol. The highest BCUT2D eigenvalue weighted by Gasteiger charge is 2.13. The van der Waals surface area contributed by atoms with Gasteiger partial charge in [-0.25, -0.2) is 0 Å². The van der Waals surface area contributed by atoms with Gasteiger partial charge in [0.2, 0.25) is 11.7 Å². The third-order valence-electron chi connectivity index (χ3n) is 2.85. The summed E-state index contributed by atoms with van der Waals surface area (Å²) in [6, 6.07) is 10.2. The van der Waals surface area contributed by atoms with Gasteiger partial charge >= 0.3 is 5.69 Å². The first-order valence-corrected chi connectivity index (χ1v) is 6.04. The highest BCUT2D eigenvalue weighted by atomic mass is 19.1. The maximum absolute atomic E-state index is 13.5. The minimum absolute atomic E-state index is 0.332. The molecule has 0 saturated carbocycles. The van der Waals surface area contributed by atoms with Gasteiger partial charge in [-0.3, -0.25) is 14.9 Å². The van der Waals surface area contributed by atoms with Crippen LogP contribution in [0, 0.1) is 15.9 Å². The van der Waals surface area contributed by atoms with Gasteiger partial charge in [0, 0.05) is 29.9 Å². The van der Waals surface area contributed by atoms with E-state index < -0.39 is 22.3 Å². The Bertz CT molecular complexity index is 704. The number of nitro benzene ring substituents is 1. The molecule has 2 aromatic carbocycles. The lowest BCUT2D eigenvalue weighted by Crippen LogP contribution is -2.11. The van der Waals surface area contributed by atoms with Gasteiger partial charge in [-0.2, -0.15) is 4.39 Å². The van der Waals surface area contributed by atoms with E-state index in [0.29, 0.717) is 17.8 Å². The lowest BCUT2D eigenvalue weighted by molar-refractivity contribution is -0.387. The Morgan fingerprint density at radius 3 is 2.67 bits per heavy atom. The number of benzene rings is 2. The molecule has 0 aliphatic carbocycles. The van der Waals surface area contributed by atoms with Gasteiger partial charge in [-0.05, 0) is 23.8 Å². The Hall–Kier alpha value is -2.96. The fraction of sp³-hybridized carbons (Fsp3) is 0.0714. The molecule has 108 valence electrons. The second-order valence-corrected chi connectivity index (χ2v) is 4.34. The number of hydrogen-bond acceptors (Lipinski definition) is 4. The number of hydrogen-bond donors (Lipinski definition) is 2. The average molecular weight is 289 g/mol. The van der Waals surface area contributed by atoms with Crippen molar-refractivity contribution in [2.24, 2.45) is 5.73 Å². The smallest absolute Gasteiger partial charge is 0.304 e. The molecule has 6 nitrogen and oxygen atoms in total. The van der Waals surface area contributed by atoms with Crippen LogP contribution in [0.15, 0.2) is 42.5 Å². The zero-order chi connectivity index (χ0) is 15.4. The normalized spacial score (nSPS) is 10.1. The van der Waals surface area contributed by atoms with Crippen LogP contribution in [0.1, 0.15) is 15.9 Å². The molecular formula is C14H12FN3O3. The molecule has 0 unspecified atom stereocenters. The van der Waals surface area contributed by atoms with Gasteiger partial charge in [0.1, 0.15) is 0 Å². The average Bonchev–Trinajstić information content (AvgIpc) is 2.45. The number of nitro groups is 1. The fourth-order valence-corrected chi connectivity index (χ4v) is 1.80. The number of anilines is 1. The molecule has 2 aromatic rings. The SMILES string of the molecule is NC(=O)c1cccc(CNc2ccc([N+](=O)[O-])c(F)c2)c1. The van der Waals surface area contributed by atoms with Crippen molar-refractivity contribution >= 4 is 17.3 Å². The summed E-state index contributed by atoms with van der Waals surface area (Å²) in [6.45, 7) is 0.332. The molecule has 0 aromatic heterocycles. The summed E-state index contributed by atoms with van der Waals surface area (Å²) in [5.74, 6) is -1.44. The number of amides is 1. The summed E-state index contributed by atoms with van der Waals surface area (Å²) in [7, 11) is 0. The van der Waals surface area contributed by atoms with Crippen LogP contribution in [-0.4, -0.2) is 10.8 Å². The summed E-state index contributed by atoms with van der Waals surface area (Å²) in [4.78, 5) is 20.8. The zero-order valence-electron chi connectivity index (χ0n) is 10.9. The maximum Gasteiger partial charge on any atom is 0.304 e. The number of nitrogens with two attached hydrogens (primary N) is 1. The molecule has 3 N–H and O–H groups in total. The molecule has 0 aliphatic heterocycles. The van der Waals surface area contributed by atoms with E-state index in [9.17, 15) is 19.3 Å². The van der Waals surface area contributed by atoms with E-state index in [1.54, 1.807) is 24.3 Å². The number of primary amides is 1. The topological polar surface area (TPSA) is 98.3 Å². The summed E-state index contributed by atoms with van der Waals surface area (Å²) in [5, 5.41) is 13.4. The molecule has 0 spiro atoms. The van der Waals surface area contributed by atoms with Crippen molar-refractivity contribution in [3.63, 3.8) is 0 Å². The van der Waals surface area contributed by atoms with Crippen LogP contribution >= 0.6 is 0 Å². The third kappa shape index (κ3) is 3.53. The first kappa shape index (κ1) is 14.4. The number of carbonyl (C=O) groups excluding carboxylic acids is 1. The van der Waals surface area contributed by atoms with Crippen molar-refractivity contribution in [3.8, 4) is 0 Å². The number of halogens is 1. The summed E-state index contributed by atoms with van der Waals surface area (Å²) < 4.78 is 13.5. The number of nitrogens with one attached hydrogen (secondary N) is 1. The van der Waals surface area contributed by atoms with Gasteiger partial charge in [0.25, 0.3) is 0 Å². The molecule has 1 amide bonds. The first-order valence-electron chi connectivity index (χ1n) is 6.04. The zero-order valence-corrected chi connectivity index (χ0v) is 10.9. The number of carbonyl (C=O) groups is 1. The van der Waals surface area contributed by atoms with Gasteiger partial charge < -0.3 is 11.1 Å². The van der Waals surface area contributed by atoms with Gasteiger partial charge in [0.15, 0.2) is 0 Å². The minimum atomic E-state index is -0.907. The summed E-state index contributed by atoms with van der Waals surface area (Å²) in [5.41, 5.74) is 6.18. The number of nitrogens with zero attached hydrogens (tertiary/aromatic N) is 1. The molecular weight excluding hydrogens is 277 g/mol. The quantitative estimate of drug-likeness (QED) is 0.652. The van der Waals surface area contributed by atoms with Crippen molar-refractivity contribution in [1.82, 2.24) is 0 Å². The van der Waals surface area contributed by atoms with Crippen LogP contribution < -0.4 is 11.1 Å². The Morgan fingerprint density at radius 1 is 1.29 bits per heavy atom. The van der Waals surface area contributed by atoms with Crippen LogP contribution in [0.25, 0.3) is 0 Å². The Kier molecular flexibility index (Phi) is 4.13. The predicted octanol–water partition coefficient (Wildman–Crippen LogP) is 2.44. The van der Waals surface area contributed by atoms with Crippen LogP contribution in [0.5, 0.6) is 0 Å². The van der Waals surface area contributed by atoms with E-state index in [-0.39, 0.29) is 0 Å². The summed E-state index contributed by atoms with van der Waals surface area (Å²) >= 11 is 0. The van der Waals surface area contributed by atoms with Crippen molar-refractivity contribution in [1.29, 1.82) is 0 Å². The highest BCUT2D eigenvalue weighted by molar-refractivity contribution is 5.92. The third-order valence-corrected chi connectivity index (χ3v) is 2.85. The molecule has 0 saturated heterocycles. The molecule has 21 heavy (non-hydrogen) atoms. The Labute approximate surface area is 119 Å². The molecule has 0 atom stereocenters. The van der Waals surface area contributed by atoms with Gasteiger partial charge in [0.05, 0.1) is 4.92 Å². The van der Waals surface area contributed by atoms with Crippen LogP contribution in [-0.2, 0) is 6.54 Å². The second kappa shape index (κ2) is 6.00. The van der Waals surface area contributed by atoms with Crippen LogP contribution in [0.4, 0.5) is 15.8 Å². The van der Waals surface area contributed by atoms with Gasteiger partial charge in [-0.1, -0.05) is 12.1 Å². The molecule has 0 bridgehead atoms. The Balaban J connectivity index is 2.10. The van der Waals surface area contributed by atoms with E-state index >= 15 is 0 Å². The lowest BCUT2D eigenvalue weighted by atomic mass is 10.1. The van der Waals surface area contributed by atoms with Crippen molar-refractivity contribution in [2.75, 3.05) is 5.32 Å². The van der Waals surface area contributed by atoms with Crippen LogP contribution in [0.2, 0.25) is 0 Å². The second-order valence-electron chi connectivity index (χ2n) is 4.34. The van der Waals surface area contributed by atoms with E-state index in [0.717, 1.165) is 17.7 Å². The van der Waals surface area contributed by atoms with Crippen molar-refractivity contribution in [2.45, 2.75) is 6.54 Å². The number of rotatable bonds is 5. The van der Waals surface area contributed by atoms with E-state index in [4.69, 9.17) is 5.73 Å². The lowest BCUT2D eigenvalue weighted by Gasteiger charge is -2.07. The highest BCUT2D eigenvalue weighted by Crippen LogP contribution is 2.21. The van der Waals surface area contributed by atoms with Gasteiger partial charge in [-0.15, -0.1) is 0 Å². The molecule has 7 heteroatoms. The fourth-order valence-electron chi connectivity index (χ4n) is 1.80. The molecule has 0 radical (unpaired) electrons. The standard InChI is InChI=1S/C14H12FN3O3/c15-12-7-11(4-5-13(12)18(20)21)17-8-9-2-1-3-10(6-9)14(16)19/h1-7,17H,8H2,(H2,16,19). The van der Waals surface area contributed by atoms with Crippen LogP contribution in [0.3, 0.4) is 0 Å². The van der Waals surface area contributed by atoms with E-state index in [1.807, 2.05) is 0 Å². The molecule has 2 rings (SSSR count). The maximum atomic E-state index is 13.5. The van der Waals surface area contributed by atoms with Crippen molar-refractivity contribution < 1.29 is 14.1 Å². The predicted molar refractivity (Wildman–Crippen MR) is 75.3 cm³/mol. The van der Waals surface area contributed by atoms with Crippen molar-refractivity contribution in [3.05, 3.63) is 69.5 Å². The Morgan fingerprint density at radius 2 is 2.05 bits per heavy atom. The molecule has 0 fully saturated rings. The first-order chi connectivity index (χ1) is 9.97. The van der Waals surface area contributed by atoms with E-state index in [1.165, 1.54) is 6.07 Å². The largest absolute Gasteiger partial charge is 0.381 e. The van der Waals surface area contributed by atoms with E-state index in [2.05, 4.69) is 5.32 Å². The summed E-state index contributed by atoms with van der Waals surface area (Å²) in [6.07, 6.45) is 0. The molecule has 0 aliphatic rings.